The molecule has 0 fully saturated rings. The third kappa shape index (κ3) is 3.47. The molecule has 2 rings (SSSR count). The van der Waals surface area contributed by atoms with Gasteiger partial charge in [-0.3, -0.25) is 4.79 Å². The summed E-state index contributed by atoms with van der Waals surface area (Å²) < 4.78 is 6.92. The van der Waals surface area contributed by atoms with Gasteiger partial charge in [0.25, 0.3) is 0 Å². The van der Waals surface area contributed by atoms with Crippen molar-refractivity contribution in [1.82, 2.24) is 25.5 Å². The summed E-state index contributed by atoms with van der Waals surface area (Å²) in [5.41, 5.74) is 0.780. The number of carbonyl (C=O) groups is 1. The molecule has 0 radical (unpaired) electrons. The number of thioether (sulfide) groups is 1. The number of tetrazole rings is 1. The standard InChI is InChI=1S/C12H15N5O2S/c1-9(18)13-7-8-20-12-14-15-16-17(12)10-5-3-4-6-11(10)19-2/h3-6H,7-8H2,1-2H3,(H,13,18). The number of hydrogen-bond donors (Lipinski definition) is 1. The van der Waals surface area contributed by atoms with E-state index in [-0.39, 0.29) is 5.91 Å². The summed E-state index contributed by atoms with van der Waals surface area (Å²) >= 11 is 1.47. The van der Waals surface area contributed by atoms with Gasteiger partial charge in [0, 0.05) is 19.2 Å². The van der Waals surface area contributed by atoms with Gasteiger partial charge in [0.2, 0.25) is 11.1 Å². The summed E-state index contributed by atoms with van der Waals surface area (Å²) in [5, 5.41) is 15.0. The van der Waals surface area contributed by atoms with Crippen molar-refractivity contribution in [2.24, 2.45) is 0 Å². The minimum atomic E-state index is -0.0464. The number of ether oxygens (including phenoxy) is 1. The lowest BCUT2D eigenvalue weighted by molar-refractivity contribution is -0.118. The lowest BCUT2D eigenvalue weighted by Gasteiger charge is -2.08. The second-order valence-corrected chi connectivity index (χ2v) is 4.94. The maximum absolute atomic E-state index is 10.8. The third-order valence-electron chi connectivity index (χ3n) is 2.46. The molecule has 0 atom stereocenters. The van der Waals surface area contributed by atoms with Gasteiger partial charge in [0.05, 0.1) is 7.11 Å². The smallest absolute Gasteiger partial charge is 0.216 e. The Morgan fingerprint density at radius 1 is 1.45 bits per heavy atom. The first-order valence-corrected chi connectivity index (χ1v) is 7.00. The highest BCUT2D eigenvalue weighted by Crippen LogP contribution is 2.25. The molecule has 106 valence electrons. The Bertz CT molecular complexity index is 587. The lowest BCUT2D eigenvalue weighted by Crippen LogP contribution is -2.22. The zero-order valence-electron chi connectivity index (χ0n) is 11.2. The van der Waals surface area contributed by atoms with Gasteiger partial charge in [0.15, 0.2) is 0 Å². The molecule has 1 heterocycles. The van der Waals surface area contributed by atoms with E-state index in [9.17, 15) is 4.79 Å². The molecule has 1 amide bonds. The predicted octanol–water partition coefficient (Wildman–Crippen LogP) is 0.899. The summed E-state index contributed by atoms with van der Waals surface area (Å²) in [4.78, 5) is 10.8. The zero-order chi connectivity index (χ0) is 14.4. The molecule has 0 saturated carbocycles. The molecular weight excluding hydrogens is 278 g/mol. The largest absolute Gasteiger partial charge is 0.494 e. The summed E-state index contributed by atoms with van der Waals surface area (Å²) in [7, 11) is 1.60. The monoisotopic (exact) mass is 293 g/mol. The molecule has 7 nitrogen and oxygen atoms in total. The van der Waals surface area contributed by atoms with Crippen LogP contribution in [0, 0.1) is 0 Å². The van der Waals surface area contributed by atoms with Crippen LogP contribution in [0.2, 0.25) is 0 Å². The summed E-state index contributed by atoms with van der Waals surface area (Å²) in [5.74, 6) is 1.34. The van der Waals surface area contributed by atoms with Crippen LogP contribution in [-0.4, -0.2) is 45.5 Å². The van der Waals surface area contributed by atoms with Crippen molar-refractivity contribution < 1.29 is 9.53 Å². The Morgan fingerprint density at radius 2 is 2.25 bits per heavy atom. The SMILES string of the molecule is COc1ccccc1-n1nnnc1SCCNC(C)=O. The van der Waals surface area contributed by atoms with E-state index in [0.29, 0.717) is 23.2 Å². The first kappa shape index (κ1) is 14.3. The number of methoxy groups -OCH3 is 1. The fourth-order valence-electron chi connectivity index (χ4n) is 1.59. The molecule has 20 heavy (non-hydrogen) atoms. The van der Waals surface area contributed by atoms with Gasteiger partial charge < -0.3 is 10.1 Å². The van der Waals surface area contributed by atoms with Crippen molar-refractivity contribution in [3.63, 3.8) is 0 Å². The number of hydrogen-bond acceptors (Lipinski definition) is 6. The average molecular weight is 293 g/mol. The third-order valence-corrected chi connectivity index (χ3v) is 3.38. The number of benzene rings is 1. The zero-order valence-corrected chi connectivity index (χ0v) is 12.1. The Labute approximate surface area is 120 Å². The number of carbonyl (C=O) groups excluding carboxylic acids is 1. The van der Waals surface area contributed by atoms with Gasteiger partial charge in [-0.2, -0.15) is 4.68 Å². The molecule has 0 saturated heterocycles. The van der Waals surface area contributed by atoms with E-state index in [0.717, 1.165) is 5.69 Å². The molecule has 0 aliphatic heterocycles. The average Bonchev–Trinajstić information content (AvgIpc) is 2.91. The quantitative estimate of drug-likeness (QED) is 0.629. The Kier molecular flexibility index (Phi) is 4.94. The molecule has 0 unspecified atom stereocenters. The number of nitrogens with one attached hydrogen (secondary N) is 1. The van der Waals surface area contributed by atoms with Gasteiger partial charge in [-0.25, -0.2) is 0 Å². The normalized spacial score (nSPS) is 10.3. The minimum absolute atomic E-state index is 0.0464. The summed E-state index contributed by atoms with van der Waals surface area (Å²) in [6, 6.07) is 7.51. The second-order valence-electron chi connectivity index (χ2n) is 3.88. The summed E-state index contributed by atoms with van der Waals surface area (Å²) in [6.07, 6.45) is 0. The number of aromatic nitrogens is 4. The highest BCUT2D eigenvalue weighted by Gasteiger charge is 2.12. The van der Waals surface area contributed by atoms with Crippen LogP contribution in [0.5, 0.6) is 5.75 Å². The van der Waals surface area contributed by atoms with Gasteiger partial charge in [0.1, 0.15) is 11.4 Å². The highest BCUT2D eigenvalue weighted by molar-refractivity contribution is 7.99. The van der Waals surface area contributed by atoms with Crippen molar-refractivity contribution in [3.05, 3.63) is 24.3 Å². The summed E-state index contributed by atoms with van der Waals surface area (Å²) in [6.45, 7) is 2.06. The van der Waals surface area contributed by atoms with E-state index in [2.05, 4.69) is 20.8 Å². The van der Waals surface area contributed by atoms with E-state index in [1.54, 1.807) is 11.8 Å². The van der Waals surface area contributed by atoms with Crippen molar-refractivity contribution in [1.29, 1.82) is 0 Å². The van der Waals surface area contributed by atoms with Crippen molar-refractivity contribution >= 4 is 17.7 Å². The second kappa shape index (κ2) is 6.90. The molecule has 8 heteroatoms. The molecule has 0 aliphatic rings. The topological polar surface area (TPSA) is 81.9 Å². The molecule has 1 N–H and O–H groups in total. The fourth-order valence-corrected chi connectivity index (χ4v) is 2.33. The predicted molar refractivity (Wildman–Crippen MR) is 75.1 cm³/mol. The van der Waals surface area contributed by atoms with Crippen LogP contribution in [-0.2, 0) is 4.79 Å². The Hall–Kier alpha value is -2.09. The highest BCUT2D eigenvalue weighted by atomic mass is 32.2. The molecular formula is C12H15N5O2S. The van der Waals surface area contributed by atoms with E-state index < -0.39 is 0 Å². The van der Waals surface area contributed by atoms with Gasteiger partial charge in [-0.15, -0.1) is 5.10 Å². The van der Waals surface area contributed by atoms with Crippen LogP contribution in [0.3, 0.4) is 0 Å². The van der Waals surface area contributed by atoms with Crippen LogP contribution >= 0.6 is 11.8 Å². The van der Waals surface area contributed by atoms with E-state index in [1.807, 2.05) is 24.3 Å². The molecule has 1 aromatic carbocycles. The van der Waals surface area contributed by atoms with Crippen LogP contribution in [0.15, 0.2) is 29.4 Å². The van der Waals surface area contributed by atoms with Crippen LogP contribution < -0.4 is 10.1 Å². The first-order valence-electron chi connectivity index (χ1n) is 6.01. The van der Waals surface area contributed by atoms with Crippen LogP contribution in [0.25, 0.3) is 5.69 Å². The Morgan fingerprint density at radius 3 is 3.00 bits per heavy atom. The van der Waals surface area contributed by atoms with Crippen molar-refractivity contribution in [3.8, 4) is 11.4 Å². The van der Waals surface area contributed by atoms with E-state index in [1.165, 1.54) is 18.7 Å². The van der Waals surface area contributed by atoms with Gasteiger partial charge in [-0.1, -0.05) is 23.9 Å². The van der Waals surface area contributed by atoms with Crippen molar-refractivity contribution in [2.75, 3.05) is 19.4 Å². The fraction of sp³-hybridized carbons (Fsp3) is 0.333. The van der Waals surface area contributed by atoms with Crippen LogP contribution in [0.4, 0.5) is 0 Å². The molecule has 2 aromatic rings. The van der Waals surface area contributed by atoms with Gasteiger partial charge >= 0.3 is 0 Å². The number of amides is 1. The lowest BCUT2D eigenvalue weighted by atomic mass is 10.3. The van der Waals surface area contributed by atoms with Gasteiger partial charge in [-0.05, 0) is 22.6 Å². The first-order chi connectivity index (χ1) is 9.72. The number of para-hydroxylation sites is 2. The minimum Gasteiger partial charge on any atom is -0.494 e. The number of nitrogens with zero attached hydrogens (tertiary/aromatic N) is 4. The number of rotatable bonds is 6. The van der Waals surface area contributed by atoms with E-state index in [4.69, 9.17) is 4.74 Å². The molecule has 1 aromatic heterocycles. The van der Waals surface area contributed by atoms with Crippen molar-refractivity contribution in [2.45, 2.75) is 12.1 Å². The maximum Gasteiger partial charge on any atom is 0.216 e. The Balaban J connectivity index is 2.10. The molecule has 0 aliphatic carbocycles. The maximum atomic E-state index is 10.8. The molecule has 0 spiro atoms. The van der Waals surface area contributed by atoms with E-state index >= 15 is 0 Å². The van der Waals surface area contributed by atoms with Crippen LogP contribution in [0.1, 0.15) is 6.92 Å². The molecule has 0 bridgehead atoms.